The fraction of sp³-hybridized carbons (Fsp3) is 0.444. The van der Waals surface area contributed by atoms with Crippen molar-refractivity contribution in [1.29, 1.82) is 0 Å². The van der Waals surface area contributed by atoms with Crippen molar-refractivity contribution in [3.05, 3.63) is 61.9 Å². The second-order valence-electron chi connectivity index (χ2n) is 8.89. The molecule has 1 aromatic carbocycles. The highest BCUT2D eigenvalue weighted by atomic mass is 35.5. The van der Waals surface area contributed by atoms with Crippen LogP contribution in [0.25, 0.3) is 5.76 Å². The number of carbonyl (C=O) groups excluding carboxylic acids is 3. The molecule has 1 unspecified atom stereocenters. The van der Waals surface area contributed by atoms with Crippen molar-refractivity contribution >= 4 is 46.6 Å². The predicted octanol–water partition coefficient (Wildman–Crippen LogP) is 5.27. The zero-order valence-corrected chi connectivity index (χ0v) is 23.3. The van der Waals surface area contributed by atoms with Crippen molar-refractivity contribution in [2.24, 2.45) is 0 Å². The van der Waals surface area contributed by atoms with E-state index in [-0.39, 0.29) is 34.2 Å². The predicted molar refractivity (Wildman–Crippen MR) is 144 cm³/mol. The average molecular weight is 550 g/mol. The standard InChI is InChI=1S/C27H33Cl2N3O5/c1-6-31(7-2)12-9-13-32-23(17-10-11-18(28)19(29)14-17)21(25(34)26(32)35)24(33)20-15(4)22(30-16(20)5)27(36)37-8-3/h10-11,14,23,30,33H,6-9,12-13H2,1-5H3. The number of amides is 1. The van der Waals surface area contributed by atoms with Crippen LogP contribution in [0.5, 0.6) is 0 Å². The third-order valence-corrected chi connectivity index (χ3v) is 7.46. The van der Waals surface area contributed by atoms with Crippen molar-refractivity contribution in [1.82, 2.24) is 14.8 Å². The first kappa shape index (κ1) is 28.8. The second kappa shape index (κ2) is 12.2. The van der Waals surface area contributed by atoms with Gasteiger partial charge in [-0.25, -0.2) is 4.79 Å². The summed E-state index contributed by atoms with van der Waals surface area (Å²) in [5.41, 5.74) is 1.85. The number of aryl methyl sites for hydroxylation is 1. The topological polar surface area (TPSA) is 103 Å². The summed E-state index contributed by atoms with van der Waals surface area (Å²) < 4.78 is 5.11. The Morgan fingerprint density at radius 2 is 1.81 bits per heavy atom. The van der Waals surface area contributed by atoms with Gasteiger partial charge < -0.3 is 24.6 Å². The molecule has 1 aliphatic rings. The molecular weight excluding hydrogens is 517 g/mol. The summed E-state index contributed by atoms with van der Waals surface area (Å²) in [4.78, 5) is 45.7. The van der Waals surface area contributed by atoms with Gasteiger partial charge in [0.25, 0.3) is 11.7 Å². The average Bonchev–Trinajstić information content (AvgIpc) is 3.30. The maximum Gasteiger partial charge on any atom is 0.355 e. The second-order valence-corrected chi connectivity index (χ2v) is 9.71. The van der Waals surface area contributed by atoms with Gasteiger partial charge >= 0.3 is 5.97 Å². The number of nitrogens with zero attached hydrogens (tertiary/aromatic N) is 2. The normalized spacial score (nSPS) is 17.2. The van der Waals surface area contributed by atoms with Crippen LogP contribution in [0.15, 0.2) is 23.8 Å². The quantitative estimate of drug-likeness (QED) is 0.181. The van der Waals surface area contributed by atoms with Gasteiger partial charge in [-0.1, -0.05) is 43.1 Å². The van der Waals surface area contributed by atoms with Crippen LogP contribution in [0, 0.1) is 13.8 Å². The van der Waals surface area contributed by atoms with Gasteiger partial charge in [0, 0.05) is 17.8 Å². The minimum absolute atomic E-state index is 0.0631. The van der Waals surface area contributed by atoms with Crippen LogP contribution >= 0.6 is 23.2 Å². The summed E-state index contributed by atoms with van der Waals surface area (Å²) in [5.74, 6) is -2.43. The van der Waals surface area contributed by atoms with E-state index in [0.717, 1.165) is 19.6 Å². The molecule has 0 saturated carbocycles. The molecule has 1 amide bonds. The van der Waals surface area contributed by atoms with Crippen LogP contribution in [-0.4, -0.2) is 70.3 Å². The monoisotopic (exact) mass is 549 g/mol. The number of H-pyrrole nitrogens is 1. The lowest BCUT2D eigenvalue weighted by atomic mass is 9.94. The lowest BCUT2D eigenvalue weighted by Crippen LogP contribution is -2.33. The molecule has 37 heavy (non-hydrogen) atoms. The Labute approximate surface area is 227 Å². The van der Waals surface area contributed by atoms with Gasteiger partial charge in [-0.05, 0) is 70.1 Å². The van der Waals surface area contributed by atoms with Crippen molar-refractivity contribution in [2.45, 2.75) is 47.1 Å². The number of benzene rings is 1. The fourth-order valence-electron chi connectivity index (χ4n) is 4.79. The van der Waals surface area contributed by atoms with E-state index in [9.17, 15) is 19.5 Å². The number of halogens is 2. The van der Waals surface area contributed by atoms with Gasteiger partial charge in [-0.3, -0.25) is 9.59 Å². The molecule has 1 atom stereocenters. The Bertz CT molecular complexity index is 1230. The smallest absolute Gasteiger partial charge is 0.355 e. The summed E-state index contributed by atoms with van der Waals surface area (Å²) in [5, 5.41) is 12.1. The first-order valence-electron chi connectivity index (χ1n) is 12.4. The molecule has 0 spiro atoms. The number of likely N-dealkylation sites (tertiary alicyclic amines) is 1. The molecule has 2 heterocycles. The zero-order chi connectivity index (χ0) is 27.4. The van der Waals surface area contributed by atoms with E-state index in [2.05, 4.69) is 23.7 Å². The highest BCUT2D eigenvalue weighted by Crippen LogP contribution is 2.42. The Kier molecular flexibility index (Phi) is 9.45. The van der Waals surface area contributed by atoms with Gasteiger partial charge in [0.2, 0.25) is 0 Å². The number of hydrogen-bond acceptors (Lipinski definition) is 6. The third-order valence-electron chi connectivity index (χ3n) is 6.72. The van der Waals surface area contributed by atoms with Gasteiger partial charge in [0.05, 0.1) is 28.3 Å². The molecule has 2 N–H and O–H groups in total. The zero-order valence-electron chi connectivity index (χ0n) is 21.8. The van der Waals surface area contributed by atoms with Crippen LogP contribution in [-0.2, 0) is 14.3 Å². The lowest BCUT2D eigenvalue weighted by molar-refractivity contribution is -0.140. The molecule has 8 nitrogen and oxygen atoms in total. The minimum atomic E-state index is -0.869. The maximum atomic E-state index is 13.4. The number of esters is 1. The molecule has 0 bridgehead atoms. The Morgan fingerprint density at radius 3 is 2.41 bits per heavy atom. The van der Waals surface area contributed by atoms with Crippen molar-refractivity contribution in [3.8, 4) is 0 Å². The first-order valence-corrected chi connectivity index (χ1v) is 13.1. The molecule has 200 valence electrons. The van der Waals surface area contributed by atoms with Gasteiger partial charge in [0.1, 0.15) is 11.5 Å². The summed E-state index contributed by atoms with van der Waals surface area (Å²) in [6.07, 6.45) is 0.641. The van der Waals surface area contributed by atoms with Gasteiger partial charge in [0.15, 0.2) is 0 Å². The molecule has 0 aliphatic carbocycles. The van der Waals surface area contributed by atoms with E-state index in [0.29, 0.717) is 34.8 Å². The summed E-state index contributed by atoms with van der Waals surface area (Å²) >= 11 is 12.4. The number of ketones is 1. The first-order chi connectivity index (χ1) is 17.6. The molecule has 1 saturated heterocycles. The van der Waals surface area contributed by atoms with Crippen LogP contribution in [0.1, 0.15) is 66.1 Å². The molecular formula is C27H33Cl2N3O5. The summed E-state index contributed by atoms with van der Waals surface area (Å²) in [7, 11) is 0. The van der Waals surface area contributed by atoms with E-state index in [1.54, 1.807) is 39.0 Å². The molecule has 3 rings (SSSR count). The van der Waals surface area contributed by atoms with E-state index in [1.165, 1.54) is 4.90 Å². The van der Waals surface area contributed by atoms with Crippen molar-refractivity contribution < 1.29 is 24.2 Å². The van der Waals surface area contributed by atoms with Crippen LogP contribution in [0.4, 0.5) is 0 Å². The number of aliphatic hydroxyl groups excluding tert-OH is 1. The number of carbonyl (C=O) groups is 3. The number of aliphatic hydroxyl groups is 1. The number of aromatic amines is 1. The Balaban J connectivity index is 2.14. The van der Waals surface area contributed by atoms with Gasteiger partial charge in [-0.2, -0.15) is 0 Å². The van der Waals surface area contributed by atoms with Crippen molar-refractivity contribution in [3.63, 3.8) is 0 Å². The number of rotatable bonds is 10. The fourth-order valence-corrected chi connectivity index (χ4v) is 5.10. The number of Topliss-reactive ketones (excluding diaryl/α,β-unsaturated/α-hetero) is 1. The van der Waals surface area contributed by atoms with Crippen LogP contribution in [0.2, 0.25) is 10.0 Å². The molecule has 0 radical (unpaired) electrons. The number of aromatic nitrogens is 1. The Hall–Kier alpha value is -2.81. The van der Waals surface area contributed by atoms with E-state index in [1.807, 2.05) is 0 Å². The molecule has 10 heteroatoms. The largest absolute Gasteiger partial charge is 0.507 e. The van der Waals surface area contributed by atoms with E-state index in [4.69, 9.17) is 27.9 Å². The number of nitrogens with one attached hydrogen (secondary N) is 1. The highest BCUT2D eigenvalue weighted by Gasteiger charge is 2.46. The molecule has 1 fully saturated rings. The third kappa shape index (κ3) is 5.71. The maximum absolute atomic E-state index is 13.4. The van der Waals surface area contributed by atoms with Crippen molar-refractivity contribution in [2.75, 3.05) is 32.8 Å². The number of hydrogen-bond donors (Lipinski definition) is 2. The lowest BCUT2D eigenvalue weighted by Gasteiger charge is -2.27. The van der Waals surface area contributed by atoms with E-state index < -0.39 is 23.7 Å². The van der Waals surface area contributed by atoms with Crippen LogP contribution in [0.3, 0.4) is 0 Å². The molecule has 1 aliphatic heterocycles. The summed E-state index contributed by atoms with van der Waals surface area (Å²) in [6.45, 7) is 12.2. The molecule has 1 aromatic heterocycles. The number of ether oxygens (including phenoxy) is 1. The van der Waals surface area contributed by atoms with Gasteiger partial charge in [-0.15, -0.1) is 0 Å². The minimum Gasteiger partial charge on any atom is -0.507 e. The SMILES string of the molecule is CCOC(=O)c1[nH]c(C)c(C(O)=C2C(=O)C(=O)N(CCCN(CC)CC)C2c2ccc(Cl)c(Cl)c2)c1C. The highest BCUT2D eigenvalue weighted by molar-refractivity contribution is 6.47. The summed E-state index contributed by atoms with van der Waals surface area (Å²) in [6, 6.07) is 4.02. The van der Waals surface area contributed by atoms with Crippen LogP contribution < -0.4 is 0 Å². The molecule has 2 aromatic rings. The Morgan fingerprint density at radius 1 is 1.14 bits per heavy atom. The van der Waals surface area contributed by atoms with E-state index >= 15 is 0 Å².